The Kier molecular flexibility index (Phi) is 4.80. The van der Waals surface area contributed by atoms with Gasteiger partial charge in [-0.25, -0.2) is 0 Å². The zero-order valence-corrected chi connectivity index (χ0v) is 10.3. The molecular formula is C13H19N3O. The lowest BCUT2D eigenvalue weighted by Gasteiger charge is -2.16. The minimum absolute atomic E-state index is 0.217. The van der Waals surface area contributed by atoms with Crippen LogP contribution in [0.4, 0.5) is 11.4 Å². The number of hydrogen-bond acceptors (Lipinski definition) is 4. The highest BCUT2D eigenvalue weighted by Crippen LogP contribution is 2.18. The van der Waals surface area contributed by atoms with Crippen LogP contribution in [0.1, 0.15) is 19.4 Å². The van der Waals surface area contributed by atoms with E-state index < -0.39 is 0 Å². The number of rotatable bonds is 5. The zero-order valence-electron chi connectivity index (χ0n) is 10.3. The number of nitrogens with zero attached hydrogens (tertiary/aromatic N) is 1. The number of aliphatic hydroxyl groups excluding tert-OH is 1. The normalized spacial score (nSPS) is 12.2. The molecule has 0 aliphatic carbocycles. The van der Waals surface area contributed by atoms with Gasteiger partial charge in [-0.1, -0.05) is 13.8 Å². The van der Waals surface area contributed by atoms with Gasteiger partial charge in [0, 0.05) is 17.9 Å². The van der Waals surface area contributed by atoms with Crippen molar-refractivity contribution in [3.8, 4) is 6.07 Å². The van der Waals surface area contributed by atoms with Crippen LogP contribution in [0.5, 0.6) is 0 Å². The number of aliphatic hydroxyl groups is 1. The molecule has 0 radical (unpaired) electrons. The van der Waals surface area contributed by atoms with Crippen LogP contribution in [0.25, 0.3) is 0 Å². The third kappa shape index (κ3) is 3.97. The highest BCUT2D eigenvalue weighted by Gasteiger charge is 2.08. The first kappa shape index (κ1) is 13.3. The molecule has 0 fully saturated rings. The molecule has 4 N–H and O–H groups in total. The van der Waals surface area contributed by atoms with E-state index in [0.29, 0.717) is 18.7 Å². The fraction of sp³-hybridized carbons (Fsp3) is 0.462. The van der Waals surface area contributed by atoms with Crippen molar-refractivity contribution in [2.24, 2.45) is 5.92 Å². The number of anilines is 2. The third-order valence-corrected chi connectivity index (χ3v) is 2.70. The predicted octanol–water partition coefficient (Wildman–Crippen LogP) is 1.76. The van der Waals surface area contributed by atoms with Crippen LogP contribution in [0.3, 0.4) is 0 Å². The molecule has 92 valence electrons. The van der Waals surface area contributed by atoms with E-state index in [4.69, 9.17) is 11.0 Å². The van der Waals surface area contributed by atoms with Gasteiger partial charge in [0.15, 0.2) is 0 Å². The maximum atomic E-state index is 9.68. The number of hydrogen-bond donors (Lipinski definition) is 3. The molecule has 4 nitrogen and oxygen atoms in total. The maximum absolute atomic E-state index is 9.68. The molecule has 0 bridgehead atoms. The van der Waals surface area contributed by atoms with Crippen molar-refractivity contribution < 1.29 is 5.11 Å². The van der Waals surface area contributed by atoms with E-state index in [0.717, 1.165) is 11.3 Å². The molecule has 0 aliphatic heterocycles. The first-order valence-electron chi connectivity index (χ1n) is 5.72. The second-order valence-electron chi connectivity index (χ2n) is 4.44. The summed E-state index contributed by atoms with van der Waals surface area (Å²) in [4.78, 5) is 0. The van der Waals surface area contributed by atoms with Crippen LogP contribution >= 0.6 is 0 Å². The Hall–Kier alpha value is -1.73. The van der Waals surface area contributed by atoms with E-state index in [1.165, 1.54) is 0 Å². The summed E-state index contributed by atoms with van der Waals surface area (Å²) in [6, 6.07) is 7.56. The van der Waals surface area contributed by atoms with Gasteiger partial charge in [-0.05, 0) is 29.7 Å². The molecule has 1 aromatic rings. The Morgan fingerprint density at radius 1 is 1.47 bits per heavy atom. The minimum Gasteiger partial charge on any atom is -0.398 e. The predicted molar refractivity (Wildman–Crippen MR) is 69.5 cm³/mol. The molecule has 0 amide bonds. The fourth-order valence-electron chi connectivity index (χ4n) is 1.41. The largest absolute Gasteiger partial charge is 0.398 e. The van der Waals surface area contributed by atoms with E-state index in [1.807, 2.05) is 26.0 Å². The van der Waals surface area contributed by atoms with E-state index in [9.17, 15) is 5.11 Å². The lowest BCUT2D eigenvalue weighted by Crippen LogP contribution is -2.24. The molecule has 0 aliphatic rings. The van der Waals surface area contributed by atoms with Crippen LogP contribution < -0.4 is 11.1 Å². The van der Waals surface area contributed by atoms with Gasteiger partial charge < -0.3 is 16.2 Å². The molecule has 0 spiro atoms. The monoisotopic (exact) mass is 233 g/mol. The number of nitrogen functional groups attached to an aromatic ring is 1. The first-order valence-corrected chi connectivity index (χ1v) is 5.72. The van der Waals surface area contributed by atoms with Crippen LogP contribution in [0.15, 0.2) is 18.2 Å². The average Bonchev–Trinajstić information content (AvgIpc) is 2.29. The Balaban J connectivity index is 2.66. The molecular weight excluding hydrogens is 214 g/mol. The Labute approximate surface area is 102 Å². The lowest BCUT2D eigenvalue weighted by molar-refractivity contribution is 0.138. The van der Waals surface area contributed by atoms with E-state index in [1.54, 1.807) is 6.07 Å². The number of nitriles is 1. The molecule has 0 aromatic heterocycles. The second kappa shape index (κ2) is 6.12. The topological polar surface area (TPSA) is 82.1 Å². The SMILES string of the molecule is CC(C)C(O)CNc1ccc(N)c(CC#N)c1. The summed E-state index contributed by atoms with van der Waals surface area (Å²) < 4.78 is 0. The summed E-state index contributed by atoms with van der Waals surface area (Å²) >= 11 is 0. The number of nitrogens with two attached hydrogens (primary N) is 1. The molecule has 0 saturated heterocycles. The molecule has 1 atom stereocenters. The van der Waals surface area contributed by atoms with Crippen molar-refractivity contribution in [2.75, 3.05) is 17.6 Å². The summed E-state index contributed by atoms with van der Waals surface area (Å²) in [5.41, 5.74) is 8.07. The van der Waals surface area contributed by atoms with Crippen LogP contribution in [-0.4, -0.2) is 17.8 Å². The van der Waals surface area contributed by atoms with Gasteiger partial charge in [-0.15, -0.1) is 0 Å². The van der Waals surface area contributed by atoms with Gasteiger partial charge in [-0.3, -0.25) is 0 Å². The Morgan fingerprint density at radius 2 is 2.18 bits per heavy atom. The van der Waals surface area contributed by atoms with Crippen LogP contribution in [0.2, 0.25) is 0 Å². The summed E-state index contributed by atoms with van der Waals surface area (Å²) in [5, 5.41) is 21.5. The molecule has 1 rings (SSSR count). The van der Waals surface area contributed by atoms with Gasteiger partial charge in [0.05, 0.1) is 18.6 Å². The number of nitrogens with one attached hydrogen (secondary N) is 1. The van der Waals surface area contributed by atoms with E-state index in [2.05, 4.69) is 11.4 Å². The van der Waals surface area contributed by atoms with Crippen molar-refractivity contribution in [1.29, 1.82) is 5.26 Å². The van der Waals surface area contributed by atoms with E-state index in [-0.39, 0.29) is 12.0 Å². The summed E-state index contributed by atoms with van der Waals surface area (Å²) in [5.74, 6) is 0.217. The molecule has 1 aromatic carbocycles. The van der Waals surface area contributed by atoms with Gasteiger partial charge in [0.25, 0.3) is 0 Å². The van der Waals surface area contributed by atoms with Crippen molar-refractivity contribution >= 4 is 11.4 Å². The van der Waals surface area contributed by atoms with Gasteiger partial charge in [-0.2, -0.15) is 5.26 Å². The molecule has 1 unspecified atom stereocenters. The average molecular weight is 233 g/mol. The molecule has 4 heteroatoms. The minimum atomic E-state index is -0.382. The van der Waals surface area contributed by atoms with Crippen molar-refractivity contribution in [2.45, 2.75) is 26.4 Å². The summed E-state index contributed by atoms with van der Waals surface area (Å²) in [6.07, 6.45) is -0.0827. The third-order valence-electron chi connectivity index (χ3n) is 2.70. The van der Waals surface area contributed by atoms with Crippen molar-refractivity contribution in [3.05, 3.63) is 23.8 Å². The maximum Gasteiger partial charge on any atom is 0.0735 e. The second-order valence-corrected chi connectivity index (χ2v) is 4.44. The van der Waals surface area contributed by atoms with Gasteiger partial charge in [0.2, 0.25) is 0 Å². The summed E-state index contributed by atoms with van der Waals surface area (Å²) in [6.45, 7) is 4.43. The highest BCUT2D eigenvalue weighted by atomic mass is 16.3. The van der Waals surface area contributed by atoms with Gasteiger partial charge in [0.1, 0.15) is 0 Å². The first-order chi connectivity index (χ1) is 8.04. The number of benzene rings is 1. The Bertz CT molecular complexity index is 410. The lowest BCUT2D eigenvalue weighted by atomic mass is 10.1. The Morgan fingerprint density at radius 3 is 2.76 bits per heavy atom. The standard InChI is InChI=1S/C13H19N3O/c1-9(2)13(17)8-16-11-3-4-12(15)10(7-11)5-6-14/h3-4,7,9,13,16-17H,5,8,15H2,1-2H3. The van der Waals surface area contributed by atoms with Crippen molar-refractivity contribution in [3.63, 3.8) is 0 Å². The van der Waals surface area contributed by atoms with Crippen LogP contribution in [0, 0.1) is 17.2 Å². The summed E-state index contributed by atoms with van der Waals surface area (Å²) in [7, 11) is 0. The van der Waals surface area contributed by atoms with E-state index >= 15 is 0 Å². The smallest absolute Gasteiger partial charge is 0.0735 e. The zero-order chi connectivity index (χ0) is 12.8. The highest BCUT2D eigenvalue weighted by molar-refractivity contribution is 5.58. The van der Waals surface area contributed by atoms with Crippen LogP contribution in [-0.2, 0) is 6.42 Å². The molecule has 17 heavy (non-hydrogen) atoms. The van der Waals surface area contributed by atoms with Gasteiger partial charge >= 0.3 is 0 Å². The molecule has 0 heterocycles. The molecule has 0 saturated carbocycles. The quantitative estimate of drug-likeness (QED) is 0.677. The van der Waals surface area contributed by atoms with Crippen molar-refractivity contribution in [1.82, 2.24) is 0 Å². The fourth-order valence-corrected chi connectivity index (χ4v) is 1.41.